The number of rotatable bonds is 4. The van der Waals surface area contributed by atoms with Crippen molar-refractivity contribution in [2.45, 2.75) is 44.6 Å². The summed E-state index contributed by atoms with van der Waals surface area (Å²) in [6, 6.07) is 0.344. The van der Waals surface area contributed by atoms with E-state index in [1.165, 1.54) is 12.8 Å². The van der Waals surface area contributed by atoms with Crippen molar-refractivity contribution in [3.8, 4) is 0 Å². The molecule has 0 radical (unpaired) electrons. The number of aromatic nitrogens is 4. The number of hydrogen-bond acceptors (Lipinski definition) is 6. The molecule has 1 unspecified atom stereocenters. The van der Waals surface area contributed by atoms with E-state index in [1.807, 2.05) is 13.2 Å². The Kier molecular flexibility index (Phi) is 5.75. The van der Waals surface area contributed by atoms with Crippen molar-refractivity contribution in [2.75, 3.05) is 38.3 Å². The number of amides is 1. The van der Waals surface area contributed by atoms with E-state index in [9.17, 15) is 4.79 Å². The van der Waals surface area contributed by atoms with Crippen LogP contribution >= 0.6 is 0 Å². The summed E-state index contributed by atoms with van der Waals surface area (Å²) in [6.45, 7) is 2.97. The van der Waals surface area contributed by atoms with E-state index in [0.29, 0.717) is 12.0 Å². The average Bonchev–Trinajstić information content (AvgIpc) is 2.94. The summed E-state index contributed by atoms with van der Waals surface area (Å²) in [4.78, 5) is 26.0. The van der Waals surface area contributed by atoms with Gasteiger partial charge in [-0.1, -0.05) is 12.8 Å². The van der Waals surface area contributed by atoms with Crippen molar-refractivity contribution >= 4 is 22.8 Å². The third-order valence-corrected chi connectivity index (χ3v) is 6.28. The molecule has 1 amide bonds. The molecule has 0 spiro atoms. The molecule has 2 aromatic rings. The molecule has 1 atom stereocenters. The second-order valence-corrected chi connectivity index (χ2v) is 7.96. The second-order valence-electron chi connectivity index (χ2n) is 7.96. The average molecular weight is 387 g/mol. The molecule has 0 bridgehead atoms. The van der Waals surface area contributed by atoms with Crippen molar-refractivity contribution in [3.05, 3.63) is 12.5 Å². The number of carbonyl (C=O) groups is 1. The van der Waals surface area contributed by atoms with Crippen molar-refractivity contribution in [1.29, 1.82) is 0 Å². The summed E-state index contributed by atoms with van der Waals surface area (Å²) in [5, 5.41) is 5.34. The van der Waals surface area contributed by atoms with Crippen molar-refractivity contribution in [3.63, 3.8) is 0 Å². The van der Waals surface area contributed by atoms with Crippen LogP contribution in [0.3, 0.4) is 0 Å². The van der Waals surface area contributed by atoms with Crippen LogP contribution < -0.4 is 4.90 Å². The summed E-state index contributed by atoms with van der Waals surface area (Å²) in [5.74, 6) is 1.66. The van der Waals surface area contributed by atoms with Crippen LogP contribution in [-0.4, -0.2) is 69.9 Å². The minimum absolute atomic E-state index is 0.143. The van der Waals surface area contributed by atoms with E-state index in [1.54, 1.807) is 18.1 Å². The molecule has 2 aliphatic rings. The highest BCUT2D eigenvalue weighted by Crippen LogP contribution is 2.33. The SMILES string of the molecule is COCC(=O)N1CCCCCC1C1CCN(c2ncnc3c2cnn3C)CC1. The Morgan fingerprint density at radius 2 is 1.96 bits per heavy atom. The van der Waals surface area contributed by atoms with Gasteiger partial charge in [0.1, 0.15) is 18.8 Å². The Hall–Kier alpha value is -2.22. The monoisotopic (exact) mass is 386 g/mol. The zero-order chi connectivity index (χ0) is 19.5. The summed E-state index contributed by atoms with van der Waals surface area (Å²) in [5.41, 5.74) is 0.868. The van der Waals surface area contributed by atoms with Crippen LogP contribution in [-0.2, 0) is 16.6 Å². The van der Waals surface area contributed by atoms with Gasteiger partial charge in [-0.2, -0.15) is 5.10 Å². The van der Waals surface area contributed by atoms with Gasteiger partial charge in [0.2, 0.25) is 5.91 Å². The third-order valence-electron chi connectivity index (χ3n) is 6.28. The minimum Gasteiger partial charge on any atom is -0.375 e. The van der Waals surface area contributed by atoms with Gasteiger partial charge in [0.15, 0.2) is 5.65 Å². The smallest absolute Gasteiger partial charge is 0.248 e. The number of methoxy groups -OCH3 is 1. The van der Waals surface area contributed by atoms with E-state index in [4.69, 9.17) is 4.74 Å². The Morgan fingerprint density at radius 3 is 2.75 bits per heavy atom. The molecule has 4 rings (SSSR count). The molecule has 2 aliphatic heterocycles. The maximum Gasteiger partial charge on any atom is 0.248 e. The first-order chi connectivity index (χ1) is 13.7. The van der Waals surface area contributed by atoms with Crippen molar-refractivity contribution in [1.82, 2.24) is 24.6 Å². The maximum atomic E-state index is 12.6. The van der Waals surface area contributed by atoms with Gasteiger partial charge < -0.3 is 14.5 Å². The summed E-state index contributed by atoms with van der Waals surface area (Å²) >= 11 is 0. The van der Waals surface area contributed by atoms with E-state index in [-0.39, 0.29) is 12.5 Å². The zero-order valence-electron chi connectivity index (χ0n) is 16.9. The number of carbonyl (C=O) groups excluding carboxylic acids is 1. The fraction of sp³-hybridized carbons (Fsp3) is 0.700. The first-order valence-corrected chi connectivity index (χ1v) is 10.3. The van der Waals surface area contributed by atoms with Crippen LogP contribution in [0.15, 0.2) is 12.5 Å². The predicted molar refractivity (Wildman–Crippen MR) is 107 cm³/mol. The Balaban J connectivity index is 1.47. The highest BCUT2D eigenvalue weighted by Gasteiger charge is 2.34. The lowest BCUT2D eigenvalue weighted by Crippen LogP contribution is -2.49. The second kappa shape index (κ2) is 8.43. The molecule has 2 aromatic heterocycles. The van der Waals surface area contributed by atoms with Crippen LogP contribution in [0.1, 0.15) is 38.5 Å². The molecule has 0 aliphatic carbocycles. The topological polar surface area (TPSA) is 76.4 Å². The van der Waals surface area contributed by atoms with Gasteiger partial charge in [0.05, 0.1) is 11.6 Å². The number of fused-ring (bicyclic) bond motifs is 1. The zero-order valence-corrected chi connectivity index (χ0v) is 16.9. The van der Waals surface area contributed by atoms with Gasteiger partial charge in [-0.15, -0.1) is 0 Å². The summed E-state index contributed by atoms with van der Waals surface area (Å²) in [6.07, 6.45) is 10.3. The van der Waals surface area contributed by atoms with E-state index in [0.717, 1.165) is 62.2 Å². The first kappa shape index (κ1) is 19.1. The third kappa shape index (κ3) is 3.70. The standard InChI is InChI=1S/C20H30N6O2/c1-24-19-16(12-23-24)20(22-14-21-19)25-10-7-15(8-11-25)17-6-4-3-5-9-26(17)18(27)13-28-2/h12,14-15,17H,3-11,13H2,1-2H3. The number of likely N-dealkylation sites (tertiary alicyclic amines) is 1. The molecule has 28 heavy (non-hydrogen) atoms. The van der Waals surface area contributed by atoms with Crippen LogP contribution in [0, 0.1) is 5.92 Å². The van der Waals surface area contributed by atoms with Gasteiger partial charge in [0, 0.05) is 39.8 Å². The predicted octanol–water partition coefficient (Wildman–Crippen LogP) is 2.00. The van der Waals surface area contributed by atoms with Crippen LogP contribution in [0.4, 0.5) is 5.82 Å². The molecule has 0 saturated carbocycles. The van der Waals surface area contributed by atoms with Gasteiger partial charge in [-0.05, 0) is 31.6 Å². The van der Waals surface area contributed by atoms with Crippen LogP contribution in [0.5, 0.6) is 0 Å². The molecule has 0 N–H and O–H groups in total. The van der Waals surface area contributed by atoms with Crippen LogP contribution in [0.25, 0.3) is 11.0 Å². The van der Waals surface area contributed by atoms with Gasteiger partial charge >= 0.3 is 0 Å². The molecule has 2 saturated heterocycles. The maximum absolute atomic E-state index is 12.6. The molecule has 8 heteroatoms. The van der Waals surface area contributed by atoms with Gasteiger partial charge in [-0.3, -0.25) is 9.48 Å². The Bertz CT molecular complexity index is 814. The summed E-state index contributed by atoms with van der Waals surface area (Å²) in [7, 11) is 3.51. The molecule has 8 nitrogen and oxygen atoms in total. The lowest BCUT2D eigenvalue weighted by molar-refractivity contribution is -0.138. The molecule has 4 heterocycles. The number of aryl methyl sites for hydroxylation is 1. The van der Waals surface area contributed by atoms with Crippen molar-refractivity contribution in [2.24, 2.45) is 13.0 Å². The number of nitrogens with zero attached hydrogens (tertiary/aromatic N) is 6. The highest BCUT2D eigenvalue weighted by atomic mass is 16.5. The van der Waals surface area contributed by atoms with E-state index in [2.05, 4.69) is 24.9 Å². The lowest BCUT2D eigenvalue weighted by Gasteiger charge is -2.41. The largest absolute Gasteiger partial charge is 0.375 e. The quantitative estimate of drug-likeness (QED) is 0.800. The summed E-state index contributed by atoms with van der Waals surface area (Å²) < 4.78 is 6.92. The number of anilines is 1. The molecule has 152 valence electrons. The number of ether oxygens (including phenoxy) is 1. The molecular formula is C20H30N6O2. The number of hydrogen-bond donors (Lipinski definition) is 0. The van der Waals surface area contributed by atoms with Gasteiger partial charge in [0.25, 0.3) is 0 Å². The molecular weight excluding hydrogens is 356 g/mol. The fourth-order valence-corrected chi connectivity index (χ4v) is 4.84. The van der Waals surface area contributed by atoms with E-state index >= 15 is 0 Å². The first-order valence-electron chi connectivity index (χ1n) is 10.3. The fourth-order valence-electron chi connectivity index (χ4n) is 4.84. The minimum atomic E-state index is 0.143. The molecule has 0 aromatic carbocycles. The van der Waals surface area contributed by atoms with E-state index < -0.39 is 0 Å². The Labute approximate surface area is 165 Å². The molecule has 2 fully saturated rings. The Morgan fingerprint density at radius 1 is 1.14 bits per heavy atom. The van der Waals surface area contributed by atoms with Crippen LogP contribution in [0.2, 0.25) is 0 Å². The normalized spacial score (nSPS) is 21.9. The lowest BCUT2D eigenvalue weighted by atomic mass is 9.86. The van der Waals surface area contributed by atoms with Crippen molar-refractivity contribution < 1.29 is 9.53 Å². The van der Waals surface area contributed by atoms with Gasteiger partial charge in [-0.25, -0.2) is 9.97 Å². The highest BCUT2D eigenvalue weighted by molar-refractivity contribution is 5.86. The number of piperidine rings is 1.